The number of rotatable bonds is 4. The van der Waals surface area contributed by atoms with E-state index in [1.807, 2.05) is 6.26 Å². The number of aliphatic hydroxyl groups is 2. The number of nitrogens with zero attached hydrogens (tertiary/aromatic N) is 2. The van der Waals surface area contributed by atoms with E-state index < -0.39 is 12.2 Å². The Hall–Kier alpha value is -0.170. The highest BCUT2D eigenvalue weighted by molar-refractivity contribution is 9.09. The maximum atomic E-state index is 9.59. The molecule has 0 aromatic carbocycles. The van der Waals surface area contributed by atoms with E-state index in [9.17, 15) is 10.2 Å². The van der Waals surface area contributed by atoms with E-state index in [-0.39, 0.29) is 0 Å². The second-order valence-corrected chi connectivity index (χ2v) is 4.09. The molecule has 2 unspecified atom stereocenters. The molecular weight excluding hydrogens is 268 g/mol. The van der Waals surface area contributed by atoms with Gasteiger partial charge in [-0.2, -0.15) is 0 Å². The molecule has 0 saturated heterocycles. The van der Waals surface area contributed by atoms with Crippen molar-refractivity contribution in [2.75, 3.05) is 11.6 Å². The Bertz CT molecular complexity index is 283. The normalized spacial score (nSPS) is 15.1. The van der Waals surface area contributed by atoms with Gasteiger partial charge in [-0.25, -0.2) is 9.97 Å². The first kappa shape index (κ1) is 11.9. The Morgan fingerprint density at radius 1 is 1.43 bits per heavy atom. The predicted octanol–water partition coefficient (Wildman–Crippen LogP) is 0.988. The van der Waals surface area contributed by atoms with Crippen LogP contribution in [0.2, 0.25) is 0 Å². The fraction of sp³-hybridized carbons (Fsp3) is 0.500. The van der Waals surface area contributed by atoms with Crippen LogP contribution in [0.3, 0.4) is 0 Å². The smallest absolute Gasteiger partial charge is 0.187 e. The molecule has 0 bridgehead atoms. The molecule has 2 atom stereocenters. The van der Waals surface area contributed by atoms with E-state index in [2.05, 4.69) is 25.9 Å². The van der Waals surface area contributed by atoms with E-state index in [0.29, 0.717) is 16.0 Å². The van der Waals surface area contributed by atoms with Crippen LogP contribution in [0.4, 0.5) is 0 Å². The van der Waals surface area contributed by atoms with Crippen molar-refractivity contribution in [1.82, 2.24) is 9.97 Å². The number of hydrogen-bond donors (Lipinski definition) is 2. The van der Waals surface area contributed by atoms with Crippen LogP contribution in [-0.4, -0.2) is 37.9 Å². The molecule has 0 aliphatic carbocycles. The van der Waals surface area contributed by atoms with Crippen LogP contribution in [-0.2, 0) is 0 Å². The molecule has 0 spiro atoms. The predicted molar refractivity (Wildman–Crippen MR) is 58.6 cm³/mol. The minimum absolute atomic E-state index is 0.318. The maximum absolute atomic E-state index is 9.59. The van der Waals surface area contributed by atoms with Gasteiger partial charge in [0.05, 0.1) is 6.10 Å². The van der Waals surface area contributed by atoms with E-state index in [4.69, 9.17) is 0 Å². The van der Waals surface area contributed by atoms with Gasteiger partial charge in [-0.15, -0.1) is 0 Å². The van der Waals surface area contributed by atoms with Crippen LogP contribution in [0.15, 0.2) is 17.6 Å². The fourth-order valence-electron chi connectivity index (χ4n) is 0.891. The van der Waals surface area contributed by atoms with Gasteiger partial charge in [0.2, 0.25) is 0 Å². The third-order valence-corrected chi connectivity index (χ3v) is 2.93. The summed E-state index contributed by atoms with van der Waals surface area (Å²) in [5, 5.41) is 19.9. The van der Waals surface area contributed by atoms with Gasteiger partial charge in [0, 0.05) is 23.3 Å². The van der Waals surface area contributed by atoms with Crippen molar-refractivity contribution in [2.45, 2.75) is 17.4 Å². The lowest BCUT2D eigenvalue weighted by atomic mass is 10.1. The zero-order valence-corrected chi connectivity index (χ0v) is 9.99. The SMILES string of the molecule is CSc1ncc(C(O)C(O)CBr)cn1. The lowest BCUT2D eigenvalue weighted by Crippen LogP contribution is -2.19. The molecule has 14 heavy (non-hydrogen) atoms. The second-order valence-electron chi connectivity index (χ2n) is 2.67. The minimum atomic E-state index is -0.940. The monoisotopic (exact) mass is 278 g/mol. The van der Waals surface area contributed by atoms with Crippen LogP contribution in [0.25, 0.3) is 0 Å². The van der Waals surface area contributed by atoms with E-state index in [1.165, 1.54) is 24.2 Å². The molecule has 1 rings (SSSR count). The number of halogens is 1. The lowest BCUT2D eigenvalue weighted by Gasteiger charge is -2.14. The van der Waals surface area contributed by atoms with Crippen LogP contribution in [0.1, 0.15) is 11.7 Å². The highest BCUT2D eigenvalue weighted by Crippen LogP contribution is 2.17. The molecule has 0 fully saturated rings. The van der Waals surface area contributed by atoms with Crippen molar-refractivity contribution < 1.29 is 10.2 Å². The number of hydrogen-bond acceptors (Lipinski definition) is 5. The number of thioether (sulfide) groups is 1. The third kappa shape index (κ3) is 2.91. The Kier molecular flexibility index (Phi) is 4.80. The van der Waals surface area contributed by atoms with Crippen LogP contribution >= 0.6 is 27.7 Å². The molecule has 0 amide bonds. The third-order valence-electron chi connectivity index (χ3n) is 1.69. The molecule has 0 aliphatic rings. The molecular formula is C8H11BrN2O2S. The fourth-order valence-corrected chi connectivity index (χ4v) is 1.56. The first-order chi connectivity index (χ1) is 6.69. The largest absolute Gasteiger partial charge is 0.389 e. The maximum Gasteiger partial charge on any atom is 0.187 e. The summed E-state index contributed by atoms with van der Waals surface area (Å²) in [6.07, 6.45) is 3.15. The van der Waals surface area contributed by atoms with Gasteiger partial charge in [-0.3, -0.25) is 0 Å². The number of alkyl halides is 1. The highest BCUT2D eigenvalue weighted by atomic mass is 79.9. The van der Waals surface area contributed by atoms with Crippen molar-refractivity contribution in [3.63, 3.8) is 0 Å². The van der Waals surface area contributed by atoms with E-state index in [0.717, 1.165) is 0 Å². The summed E-state index contributed by atoms with van der Waals surface area (Å²) < 4.78 is 0. The summed E-state index contributed by atoms with van der Waals surface area (Å²) >= 11 is 4.51. The molecule has 1 aromatic rings. The van der Waals surface area contributed by atoms with Gasteiger partial charge in [-0.05, 0) is 6.26 Å². The van der Waals surface area contributed by atoms with Crippen molar-refractivity contribution in [3.8, 4) is 0 Å². The first-order valence-corrected chi connectivity index (χ1v) is 6.31. The van der Waals surface area contributed by atoms with Crippen molar-refractivity contribution in [3.05, 3.63) is 18.0 Å². The van der Waals surface area contributed by atoms with Crippen LogP contribution in [0, 0.1) is 0 Å². The molecule has 6 heteroatoms. The molecule has 2 N–H and O–H groups in total. The Morgan fingerprint density at radius 3 is 2.43 bits per heavy atom. The van der Waals surface area contributed by atoms with Crippen molar-refractivity contribution >= 4 is 27.7 Å². The molecule has 4 nitrogen and oxygen atoms in total. The molecule has 0 aliphatic heterocycles. The van der Waals surface area contributed by atoms with Gasteiger partial charge in [0.15, 0.2) is 5.16 Å². The highest BCUT2D eigenvalue weighted by Gasteiger charge is 2.17. The number of aliphatic hydroxyl groups excluding tert-OH is 2. The zero-order valence-electron chi connectivity index (χ0n) is 7.59. The summed E-state index contributed by atoms with van der Waals surface area (Å²) in [5.41, 5.74) is 0.523. The van der Waals surface area contributed by atoms with E-state index >= 15 is 0 Å². The summed E-state index contributed by atoms with van der Waals surface area (Å²) in [6, 6.07) is 0. The topological polar surface area (TPSA) is 66.2 Å². The van der Waals surface area contributed by atoms with Gasteiger partial charge < -0.3 is 10.2 Å². The molecule has 0 radical (unpaired) electrons. The number of aromatic nitrogens is 2. The Labute approximate surface area is 94.9 Å². The van der Waals surface area contributed by atoms with Gasteiger partial charge in [-0.1, -0.05) is 27.7 Å². The Morgan fingerprint density at radius 2 is 2.00 bits per heavy atom. The van der Waals surface area contributed by atoms with Gasteiger partial charge in [0.25, 0.3) is 0 Å². The molecule has 78 valence electrons. The average molecular weight is 279 g/mol. The van der Waals surface area contributed by atoms with Gasteiger partial charge in [0.1, 0.15) is 6.10 Å². The molecule has 0 saturated carbocycles. The van der Waals surface area contributed by atoms with Crippen LogP contribution < -0.4 is 0 Å². The lowest BCUT2D eigenvalue weighted by molar-refractivity contribution is 0.0337. The van der Waals surface area contributed by atoms with Crippen LogP contribution in [0.5, 0.6) is 0 Å². The molecule has 1 heterocycles. The summed E-state index contributed by atoms with van der Waals surface area (Å²) in [7, 11) is 0. The minimum Gasteiger partial charge on any atom is -0.389 e. The standard InChI is InChI=1S/C8H11BrN2O2S/c1-14-8-10-3-5(4-11-8)7(13)6(12)2-9/h3-4,6-7,12-13H,2H2,1H3. The average Bonchev–Trinajstić information content (AvgIpc) is 2.27. The first-order valence-electron chi connectivity index (χ1n) is 3.97. The zero-order chi connectivity index (χ0) is 10.6. The summed E-state index contributed by atoms with van der Waals surface area (Å²) in [6.45, 7) is 0. The van der Waals surface area contributed by atoms with Crippen molar-refractivity contribution in [1.29, 1.82) is 0 Å². The second kappa shape index (κ2) is 5.65. The summed E-state index contributed by atoms with van der Waals surface area (Å²) in [4.78, 5) is 8.00. The van der Waals surface area contributed by atoms with Gasteiger partial charge >= 0.3 is 0 Å². The molecule has 1 aromatic heterocycles. The summed E-state index contributed by atoms with van der Waals surface area (Å²) in [5.74, 6) is 0. The van der Waals surface area contributed by atoms with E-state index in [1.54, 1.807) is 0 Å². The Balaban J connectivity index is 2.75. The quantitative estimate of drug-likeness (QED) is 0.489. The van der Waals surface area contributed by atoms with Crippen molar-refractivity contribution in [2.24, 2.45) is 0 Å².